The number of benzene rings is 1. The fourth-order valence-electron chi connectivity index (χ4n) is 7.79. The smallest absolute Gasteiger partial charge is 0.246 e. The van der Waals surface area contributed by atoms with Crippen molar-refractivity contribution in [3.8, 4) is 0 Å². The number of nitrogens with zero attached hydrogens (tertiary/aromatic N) is 8. The van der Waals surface area contributed by atoms with Gasteiger partial charge in [-0.05, 0) is 84.0 Å². The molecule has 4 heterocycles. The summed E-state index contributed by atoms with van der Waals surface area (Å²) in [4.78, 5) is 70.4. The average molecular weight is 788 g/mol. The van der Waals surface area contributed by atoms with Crippen LogP contribution in [0.5, 0.6) is 0 Å². The summed E-state index contributed by atoms with van der Waals surface area (Å²) in [5.74, 6) is -1.26. The van der Waals surface area contributed by atoms with Crippen LogP contribution in [-0.4, -0.2) is 133 Å². The number of likely N-dealkylation sites (tertiary alicyclic amines) is 2. The van der Waals surface area contributed by atoms with Gasteiger partial charge in [-0.2, -0.15) is 0 Å². The summed E-state index contributed by atoms with van der Waals surface area (Å²) in [5, 5.41) is 31.9. The Balaban J connectivity index is 1.08. The van der Waals surface area contributed by atoms with Crippen LogP contribution in [-0.2, 0) is 56.3 Å². The molecule has 6 rings (SSSR count). The molecule has 2 fully saturated rings. The number of fused-ring (bicyclic) bond motifs is 1. The molecule has 1 aliphatic carbocycles. The van der Waals surface area contributed by atoms with Crippen LogP contribution in [0.2, 0.25) is 0 Å². The highest BCUT2D eigenvalue weighted by Crippen LogP contribution is 2.30. The lowest BCUT2D eigenvalue weighted by molar-refractivity contribution is -0.141. The van der Waals surface area contributed by atoms with Crippen LogP contribution in [0.4, 0.5) is 0 Å². The van der Waals surface area contributed by atoms with Gasteiger partial charge in [0.15, 0.2) is 0 Å². The monoisotopic (exact) mass is 787 g/mol. The fraction of sp³-hybridized carbons (Fsp3) is 0.615. The summed E-state index contributed by atoms with van der Waals surface area (Å²) in [6.07, 6.45) is 9.66. The van der Waals surface area contributed by atoms with Crippen LogP contribution in [0.3, 0.4) is 0 Å². The molecule has 0 spiro atoms. The minimum atomic E-state index is -0.965. The van der Waals surface area contributed by atoms with Crippen molar-refractivity contribution in [2.75, 3.05) is 33.7 Å². The number of carbonyl (C=O) groups is 5. The largest absolute Gasteiger partial charge is 0.347 e. The molecule has 5 amide bonds. The zero-order valence-corrected chi connectivity index (χ0v) is 33.4. The van der Waals surface area contributed by atoms with Crippen LogP contribution in [0, 0.1) is 0 Å². The van der Waals surface area contributed by atoms with E-state index in [0.717, 1.165) is 37.7 Å². The molecule has 2 aromatic heterocycles. The van der Waals surface area contributed by atoms with E-state index in [1.165, 1.54) is 5.56 Å². The van der Waals surface area contributed by atoms with Gasteiger partial charge in [0, 0.05) is 44.9 Å². The molecule has 2 saturated heterocycles. The maximum Gasteiger partial charge on any atom is 0.246 e. The van der Waals surface area contributed by atoms with E-state index in [2.05, 4.69) is 59.3 Å². The lowest BCUT2D eigenvalue weighted by Crippen LogP contribution is -2.56. The molecule has 18 nitrogen and oxygen atoms in total. The first-order chi connectivity index (χ1) is 27.5. The molecule has 308 valence electrons. The number of amides is 5. The van der Waals surface area contributed by atoms with E-state index < -0.39 is 30.2 Å². The lowest BCUT2D eigenvalue weighted by atomic mass is 9.87. The Labute approximate surface area is 333 Å². The predicted molar refractivity (Wildman–Crippen MR) is 209 cm³/mol. The minimum absolute atomic E-state index is 0.0830. The second-order valence-corrected chi connectivity index (χ2v) is 15.4. The summed E-state index contributed by atoms with van der Waals surface area (Å²) in [6.45, 7) is 5.96. The number of aryl methyl sites for hydroxylation is 3. The molecule has 0 bridgehead atoms. The van der Waals surface area contributed by atoms with Gasteiger partial charge in [0.05, 0.1) is 42.6 Å². The van der Waals surface area contributed by atoms with E-state index in [-0.39, 0.29) is 48.4 Å². The van der Waals surface area contributed by atoms with E-state index >= 15 is 0 Å². The molecule has 3 aromatic rings. The first-order valence-electron chi connectivity index (χ1n) is 20.2. The topological polar surface area (TPSA) is 213 Å². The number of aromatic nitrogens is 6. The van der Waals surface area contributed by atoms with Crippen LogP contribution in [0.15, 0.2) is 36.7 Å². The Hall–Kier alpha value is -5.23. The van der Waals surface area contributed by atoms with E-state index in [0.29, 0.717) is 57.0 Å². The van der Waals surface area contributed by atoms with Crippen molar-refractivity contribution in [3.63, 3.8) is 0 Å². The third-order valence-electron chi connectivity index (χ3n) is 11.4. The molecule has 0 unspecified atom stereocenters. The normalized spacial score (nSPS) is 20.0. The van der Waals surface area contributed by atoms with E-state index in [1.54, 1.807) is 59.5 Å². The average Bonchev–Trinajstić information content (AvgIpc) is 4.07. The molecular weight excluding hydrogens is 731 g/mol. The van der Waals surface area contributed by atoms with Crippen molar-refractivity contribution >= 4 is 29.5 Å². The van der Waals surface area contributed by atoms with Crippen LogP contribution < -0.4 is 26.6 Å². The SMILES string of the molecule is CN[C@@H](C)C(=O)N[C@@H](Cc1cn(CCn2cc(C[C@H](NC(=O)[C@H](C)NC)C(=O)N3CCC[C@H]3C(=O)N[C@@H]3CCCc4ccccc43)nn2)nn1)C(=O)N1CCCC1. The molecule has 6 atom stereocenters. The number of nitrogens with one attached hydrogen (secondary N) is 5. The molecule has 5 N–H and O–H groups in total. The first kappa shape index (κ1) is 41.4. The zero-order chi connectivity index (χ0) is 40.5. The van der Waals surface area contributed by atoms with Crippen molar-refractivity contribution in [1.29, 1.82) is 0 Å². The van der Waals surface area contributed by atoms with Gasteiger partial charge in [-0.15, -0.1) is 10.2 Å². The number of rotatable bonds is 17. The van der Waals surface area contributed by atoms with E-state index in [9.17, 15) is 24.0 Å². The summed E-state index contributed by atoms with van der Waals surface area (Å²) >= 11 is 0. The van der Waals surface area contributed by atoms with Gasteiger partial charge in [0.2, 0.25) is 29.5 Å². The summed E-state index contributed by atoms with van der Waals surface area (Å²) in [5.41, 5.74) is 3.43. The highest BCUT2D eigenvalue weighted by Gasteiger charge is 2.39. The molecule has 2 aliphatic heterocycles. The van der Waals surface area contributed by atoms with Crippen LogP contribution in [0.25, 0.3) is 0 Å². The molecule has 1 aromatic carbocycles. The molecule has 0 radical (unpaired) electrons. The molecular formula is C39H57N13O5. The first-order valence-corrected chi connectivity index (χ1v) is 20.2. The van der Waals surface area contributed by atoms with Crippen LogP contribution >= 0.6 is 0 Å². The van der Waals surface area contributed by atoms with Crippen molar-refractivity contribution in [2.24, 2.45) is 0 Å². The van der Waals surface area contributed by atoms with Crippen molar-refractivity contribution in [3.05, 3.63) is 59.2 Å². The molecule has 18 heteroatoms. The van der Waals surface area contributed by atoms with E-state index in [1.807, 2.05) is 12.1 Å². The standard InChI is InChI=1S/C39H57N13O5/c1-25(40-3)35(53)43-32(38(56)49-16-7-8-17-49)21-28-23-50(47-45-28)19-20-51-24-29(46-48-51)22-33(44-36(54)26(2)41-4)39(57)52-18-10-15-34(52)37(55)42-31-14-9-12-27-11-5-6-13-30(27)31/h5-6,11,13,23-26,31-34,40-41H,7-10,12,14-22H2,1-4H3,(H,42,55)(H,43,53)(H,44,54)/t25-,26-,31+,32-,33-,34-/m0/s1. The number of likely N-dealkylation sites (N-methyl/N-ethyl adjacent to an activating group) is 2. The third-order valence-corrected chi connectivity index (χ3v) is 11.4. The molecule has 3 aliphatic rings. The van der Waals surface area contributed by atoms with Crippen molar-refractivity contribution in [1.82, 2.24) is 66.4 Å². The third kappa shape index (κ3) is 10.4. The Morgan fingerprint density at radius 1 is 0.737 bits per heavy atom. The Morgan fingerprint density at radius 3 is 1.91 bits per heavy atom. The van der Waals surface area contributed by atoms with Gasteiger partial charge >= 0.3 is 0 Å². The summed E-state index contributed by atoms with van der Waals surface area (Å²) in [7, 11) is 3.36. The second-order valence-electron chi connectivity index (χ2n) is 15.4. The molecule has 0 saturated carbocycles. The quantitative estimate of drug-likeness (QED) is 0.119. The van der Waals surface area contributed by atoms with Gasteiger partial charge < -0.3 is 36.4 Å². The number of carbonyl (C=O) groups excluding carboxylic acids is 5. The van der Waals surface area contributed by atoms with Crippen LogP contribution in [0.1, 0.15) is 80.9 Å². The maximum absolute atomic E-state index is 14.2. The lowest BCUT2D eigenvalue weighted by Gasteiger charge is -2.31. The van der Waals surface area contributed by atoms with Crippen molar-refractivity contribution < 1.29 is 24.0 Å². The Kier molecular flexibility index (Phi) is 14.0. The highest BCUT2D eigenvalue weighted by molar-refractivity contribution is 5.94. The summed E-state index contributed by atoms with van der Waals surface area (Å²) in [6, 6.07) is 4.69. The Bertz CT molecular complexity index is 1870. The van der Waals surface area contributed by atoms with Gasteiger partial charge in [-0.25, -0.2) is 0 Å². The fourth-order valence-corrected chi connectivity index (χ4v) is 7.79. The summed E-state index contributed by atoms with van der Waals surface area (Å²) < 4.78 is 3.27. The number of hydrogen-bond donors (Lipinski definition) is 5. The van der Waals surface area contributed by atoms with Gasteiger partial charge in [-0.1, -0.05) is 34.7 Å². The maximum atomic E-state index is 14.2. The highest BCUT2D eigenvalue weighted by atomic mass is 16.2. The van der Waals surface area contributed by atoms with Gasteiger partial charge in [0.25, 0.3) is 0 Å². The van der Waals surface area contributed by atoms with Gasteiger partial charge in [0.1, 0.15) is 18.1 Å². The Morgan fingerprint density at radius 2 is 1.32 bits per heavy atom. The predicted octanol–water partition coefficient (Wildman–Crippen LogP) is -0.353. The second kappa shape index (κ2) is 19.3. The van der Waals surface area contributed by atoms with Gasteiger partial charge in [-0.3, -0.25) is 33.3 Å². The van der Waals surface area contributed by atoms with E-state index in [4.69, 9.17) is 0 Å². The zero-order valence-electron chi connectivity index (χ0n) is 33.4. The number of hydrogen-bond acceptors (Lipinski definition) is 11. The minimum Gasteiger partial charge on any atom is -0.347 e. The van der Waals surface area contributed by atoms with Crippen molar-refractivity contribution in [2.45, 2.75) is 121 Å². The molecule has 57 heavy (non-hydrogen) atoms.